The molecule has 0 aliphatic heterocycles. The van der Waals surface area contributed by atoms with E-state index >= 15 is 0 Å². The summed E-state index contributed by atoms with van der Waals surface area (Å²) in [6.45, 7) is 1.57. The monoisotopic (exact) mass is 283 g/mol. The molecule has 0 radical (unpaired) electrons. The van der Waals surface area contributed by atoms with Crippen LogP contribution in [-0.4, -0.2) is 11.2 Å². The second-order valence-electron chi connectivity index (χ2n) is 2.93. The normalized spacial score (nSPS) is 14.4. The Hall–Kier alpha value is -0.160. The highest BCUT2D eigenvalue weighted by Gasteiger charge is 2.15. The molecule has 0 bridgehead atoms. The van der Waals surface area contributed by atoms with Crippen LogP contribution in [0.5, 0.6) is 0 Å². The lowest BCUT2D eigenvalue weighted by molar-refractivity contribution is 0.164. The molecule has 1 aromatic rings. The zero-order valence-corrected chi connectivity index (χ0v) is 9.98. The summed E-state index contributed by atoms with van der Waals surface area (Å²) in [6.07, 6.45) is -0.696. The molecular weight excluding hydrogens is 272 g/mol. The van der Waals surface area contributed by atoms with E-state index in [1.165, 1.54) is 12.1 Å². The summed E-state index contributed by atoms with van der Waals surface area (Å²) in [5.74, 6) is -0.352. The fourth-order valence-electron chi connectivity index (χ4n) is 1.03. The van der Waals surface area contributed by atoms with Gasteiger partial charge in [-0.15, -0.1) is 12.4 Å². The van der Waals surface area contributed by atoms with Gasteiger partial charge in [-0.2, -0.15) is 0 Å². The quantitative estimate of drug-likeness (QED) is 0.876. The van der Waals surface area contributed by atoms with Crippen LogP contribution in [0.4, 0.5) is 4.39 Å². The van der Waals surface area contributed by atoms with Crippen molar-refractivity contribution in [3.63, 3.8) is 0 Å². The molecule has 0 spiro atoms. The number of aliphatic hydroxyl groups is 1. The maximum Gasteiger partial charge on any atom is 0.123 e. The lowest BCUT2D eigenvalue weighted by atomic mass is 10.0. The Kier molecular flexibility index (Phi) is 5.59. The minimum atomic E-state index is -0.696. The summed E-state index contributed by atoms with van der Waals surface area (Å²) in [5, 5.41) is 9.22. The second-order valence-corrected chi connectivity index (χ2v) is 3.79. The average Bonchev–Trinajstić information content (AvgIpc) is 2.08. The van der Waals surface area contributed by atoms with E-state index in [-0.39, 0.29) is 18.2 Å². The summed E-state index contributed by atoms with van der Waals surface area (Å²) >= 11 is 3.24. The Balaban J connectivity index is 0.00000169. The molecule has 0 saturated carbocycles. The van der Waals surface area contributed by atoms with Crippen molar-refractivity contribution in [3.05, 3.63) is 34.1 Å². The second kappa shape index (κ2) is 5.66. The summed E-state index contributed by atoms with van der Waals surface area (Å²) in [5.41, 5.74) is 6.24. The molecule has 0 amide bonds. The van der Waals surface area contributed by atoms with E-state index in [9.17, 15) is 9.50 Å². The Morgan fingerprint density at radius 1 is 1.50 bits per heavy atom. The van der Waals surface area contributed by atoms with E-state index in [0.717, 1.165) is 0 Å². The van der Waals surface area contributed by atoms with Crippen LogP contribution in [0.25, 0.3) is 0 Å². The lowest BCUT2D eigenvalue weighted by Crippen LogP contribution is -2.23. The molecule has 3 N–H and O–H groups in total. The van der Waals surface area contributed by atoms with Crippen LogP contribution in [-0.2, 0) is 0 Å². The van der Waals surface area contributed by atoms with Gasteiger partial charge in [0.25, 0.3) is 0 Å². The first-order valence-corrected chi connectivity index (χ1v) is 4.70. The molecule has 5 heteroatoms. The summed E-state index contributed by atoms with van der Waals surface area (Å²) in [4.78, 5) is 0. The van der Waals surface area contributed by atoms with E-state index < -0.39 is 12.1 Å². The smallest absolute Gasteiger partial charge is 0.123 e. The molecule has 0 aliphatic carbocycles. The van der Waals surface area contributed by atoms with Gasteiger partial charge in [0.05, 0.1) is 12.1 Å². The standard InChI is InChI=1S/C9H11BrFNO.ClH/c1-5(13)9(12)7-4-6(11)2-3-8(7)10;/h2-5,9,13H,12H2,1H3;1H/t5-,9-;/m1./s1. The van der Waals surface area contributed by atoms with E-state index in [1.807, 2.05) is 0 Å². The Bertz CT molecular complexity index is 309. The zero-order chi connectivity index (χ0) is 10.0. The van der Waals surface area contributed by atoms with Crippen LogP contribution in [0.15, 0.2) is 22.7 Å². The third kappa shape index (κ3) is 3.20. The number of halogens is 3. The predicted molar refractivity (Wildman–Crippen MR) is 60.0 cm³/mol. The predicted octanol–water partition coefficient (Wildman–Crippen LogP) is 2.39. The third-order valence-corrected chi connectivity index (χ3v) is 2.56. The number of hydrogen-bond donors (Lipinski definition) is 2. The fraction of sp³-hybridized carbons (Fsp3) is 0.333. The fourth-order valence-corrected chi connectivity index (χ4v) is 1.54. The van der Waals surface area contributed by atoms with Crippen molar-refractivity contribution in [2.75, 3.05) is 0 Å². The number of hydrogen-bond acceptors (Lipinski definition) is 2. The first-order chi connectivity index (χ1) is 6.02. The van der Waals surface area contributed by atoms with Crippen molar-refractivity contribution < 1.29 is 9.50 Å². The van der Waals surface area contributed by atoms with Crippen molar-refractivity contribution in [1.29, 1.82) is 0 Å². The van der Waals surface area contributed by atoms with Crippen LogP contribution >= 0.6 is 28.3 Å². The minimum absolute atomic E-state index is 0. The van der Waals surface area contributed by atoms with E-state index in [2.05, 4.69) is 15.9 Å². The Morgan fingerprint density at radius 3 is 2.57 bits per heavy atom. The van der Waals surface area contributed by atoms with Crippen molar-refractivity contribution in [1.82, 2.24) is 0 Å². The van der Waals surface area contributed by atoms with Crippen LogP contribution in [0.2, 0.25) is 0 Å². The largest absolute Gasteiger partial charge is 0.391 e. The topological polar surface area (TPSA) is 46.2 Å². The molecular formula is C9H12BrClFNO. The van der Waals surface area contributed by atoms with Crippen molar-refractivity contribution in [3.8, 4) is 0 Å². The highest BCUT2D eigenvalue weighted by atomic mass is 79.9. The molecule has 1 aromatic carbocycles. The third-order valence-electron chi connectivity index (χ3n) is 1.84. The van der Waals surface area contributed by atoms with Gasteiger partial charge >= 0.3 is 0 Å². The maximum atomic E-state index is 12.8. The summed E-state index contributed by atoms with van der Waals surface area (Å²) < 4.78 is 13.5. The van der Waals surface area contributed by atoms with Crippen molar-refractivity contribution in [2.24, 2.45) is 5.73 Å². The van der Waals surface area contributed by atoms with Crippen LogP contribution in [0.3, 0.4) is 0 Å². The van der Waals surface area contributed by atoms with Crippen LogP contribution in [0.1, 0.15) is 18.5 Å². The number of nitrogens with two attached hydrogens (primary N) is 1. The molecule has 14 heavy (non-hydrogen) atoms. The van der Waals surface area contributed by atoms with Crippen LogP contribution < -0.4 is 5.73 Å². The van der Waals surface area contributed by atoms with Gasteiger partial charge in [-0.25, -0.2) is 4.39 Å². The molecule has 0 unspecified atom stereocenters. The first-order valence-electron chi connectivity index (χ1n) is 3.91. The molecule has 0 aromatic heterocycles. The zero-order valence-electron chi connectivity index (χ0n) is 7.58. The molecule has 0 fully saturated rings. The van der Waals surface area contributed by atoms with Gasteiger partial charge in [-0.05, 0) is 30.7 Å². The van der Waals surface area contributed by atoms with Gasteiger partial charge in [0.2, 0.25) is 0 Å². The molecule has 0 aliphatic rings. The first kappa shape index (κ1) is 13.8. The minimum Gasteiger partial charge on any atom is -0.391 e. The van der Waals surface area contributed by atoms with Gasteiger partial charge < -0.3 is 10.8 Å². The SMILES string of the molecule is C[C@@H](O)[C@@H](N)c1cc(F)ccc1Br.Cl. The summed E-state index contributed by atoms with van der Waals surface area (Å²) in [7, 11) is 0. The highest BCUT2D eigenvalue weighted by Crippen LogP contribution is 2.24. The van der Waals surface area contributed by atoms with E-state index in [1.54, 1.807) is 13.0 Å². The molecule has 1 rings (SSSR count). The molecule has 0 saturated heterocycles. The highest BCUT2D eigenvalue weighted by molar-refractivity contribution is 9.10. The average molecular weight is 285 g/mol. The van der Waals surface area contributed by atoms with Gasteiger partial charge in [0.15, 0.2) is 0 Å². The number of rotatable bonds is 2. The molecule has 2 atom stereocenters. The van der Waals surface area contributed by atoms with E-state index in [4.69, 9.17) is 5.73 Å². The lowest BCUT2D eigenvalue weighted by Gasteiger charge is -2.16. The summed E-state index contributed by atoms with van der Waals surface area (Å²) in [6, 6.07) is 3.67. The van der Waals surface area contributed by atoms with Crippen molar-refractivity contribution in [2.45, 2.75) is 19.1 Å². The van der Waals surface area contributed by atoms with Gasteiger partial charge in [-0.1, -0.05) is 15.9 Å². The van der Waals surface area contributed by atoms with Gasteiger partial charge in [0.1, 0.15) is 5.82 Å². The number of benzene rings is 1. The molecule has 80 valence electrons. The van der Waals surface area contributed by atoms with Crippen LogP contribution in [0, 0.1) is 5.82 Å². The maximum absolute atomic E-state index is 12.8. The van der Waals surface area contributed by atoms with Gasteiger partial charge in [-0.3, -0.25) is 0 Å². The van der Waals surface area contributed by atoms with Gasteiger partial charge in [0, 0.05) is 4.47 Å². The molecule has 2 nitrogen and oxygen atoms in total. The number of aliphatic hydroxyl groups excluding tert-OH is 1. The Labute approximate surface area is 96.8 Å². The van der Waals surface area contributed by atoms with Crippen molar-refractivity contribution >= 4 is 28.3 Å². The Morgan fingerprint density at radius 2 is 2.07 bits per heavy atom. The van der Waals surface area contributed by atoms with E-state index in [0.29, 0.717) is 10.0 Å². The molecule has 0 heterocycles.